The van der Waals surface area contributed by atoms with Crippen LogP contribution in [0.3, 0.4) is 0 Å². The predicted octanol–water partition coefficient (Wildman–Crippen LogP) is 2.00. The first-order valence-corrected chi connectivity index (χ1v) is 7.46. The van der Waals surface area contributed by atoms with E-state index in [9.17, 15) is 19.2 Å². The number of hydrogen-bond donors (Lipinski definition) is 0. The molecule has 0 aliphatic rings. The number of ether oxygens (including phenoxy) is 2. The second-order valence-electron chi connectivity index (χ2n) is 5.04. The zero-order chi connectivity index (χ0) is 18.1. The van der Waals surface area contributed by atoms with Gasteiger partial charge < -0.3 is 9.47 Å². The molecular formula is C19H15O6. The lowest BCUT2D eigenvalue weighted by Gasteiger charge is -2.10. The third-order valence-corrected chi connectivity index (χ3v) is 3.28. The number of carbonyl (C=O) groups is 3. The minimum absolute atomic E-state index is 0.289. The van der Waals surface area contributed by atoms with E-state index in [4.69, 9.17) is 9.47 Å². The normalized spacial score (nSPS) is 11.2. The molecule has 0 amide bonds. The van der Waals surface area contributed by atoms with Gasteiger partial charge in [-0.2, -0.15) is 0 Å². The van der Waals surface area contributed by atoms with E-state index in [1.54, 1.807) is 48.5 Å². The summed E-state index contributed by atoms with van der Waals surface area (Å²) in [6.45, 7) is -1.06. The van der Waals surface area contributed by atoms with Crippen LogP contribution >= 0.6 is 0 Å². The number of Topliss-reactive ketones (excluding diaryl/α,β-unsaturated/α-hetero) is 1. The van der Waals surface area contributed by atoms with Crippen LogP contribution in [0.15, 0.2) is 60.7 Å². The lowest BCUT2D eigenvalue weighted by atomic mass is 10.1. The van der Waals surface area contributed by atoms with Crippen molar-refractivity contribution in [3.8, 4) is 0 Å². The lowest BCUT2D eigenvalue weighted by molar-refractivity contribution is -0.125. The number of esters is 2. The Morgan fingerprint density at radius 2 is 1.28 bits per heavy atom. The molecular weight excluding hydrogens is 324 g/mol. The van der Waals surface area contributed by atoms with Gasteiger partial charge in [0.15, 0.2) is 12.4 Å². The van der Waals surface area contributed by atoms with E-state index in [2.05, 4.69) is 0 Å². The Morgan fingerprint density at radius 3 is 1.76 bits per heavy atom. The van der Waals surface area contributed by atoms with E-state index in [1.165, 1.54) is 18.4 Å². The summed E-state index contributed by atoms with van der Waals surface area (Å²) in [7, 11) is 0. The molecule has 6 nitrogen and oxygen atoms in total. The van der Waals surface area contributed by atoms with Gasteiger partial charge in [0.05, 0.1) is 11.1 Å². The third kappa shape index (κ3) is 5.39. The zero-order valence-electron chi connectivity index (χ0n) is 13.2. The zero-order valence-corrected chi connectivity index (χ0v) is 13.2. The molecule has 2 aromatic rings. The molecule has 0 aliphatic heterocycles. The van der Waals surface area contributed by atoms with E-state index in [0.29, 0.717) is 5.56 Å². The summed E-state index contributed by atoms with van der Waals surface area (Å²) in [5, 5.41) is 0. The molecule has 25 heavy (non-hydrogen) atoms. The predicted molar refractivity (Wildman–Crippen MR) is 87.6 cm³/mol. The summed E-state index contributed by atoms with van der Waals surface area (Å²) in [6.07, 6.45) is 1.50. The monoisotopic (exact) mass is 339 g/mol. The molecule has 1 atom stereocenters. The van der Waals surface area contributed by atoms with Crippen LogP contribution < -0.4 is 0 Å². The lowest BCUT2D eigenvalue weighted by Crippen LogP contribution is -2.28. The average Bonchev–Trinajstić information content (AvgIpc) is 2.67. The van der Waals surface area contributed by atoms with E-state index in [-0.39, 0.29) is 5.56 Å². The van der Waals surface area contributed by atoms with Gasteiger partial charge in [0.25, 0.3) is 0 Å². The number of hydrogen-bond acceptors (Lipinski definition) is 6. The molecule has 6 heteroatoms. The molecule has 0 bridgehead atoms. The largest absolute Gasteiger partial charge is 0.461 e. The van der Waals surface area contributed by atoms with Gasteiger partial charge in [-0.05, 0) is 24.3 Å². The second-order valence-corrected chi connectivity index (χ2v) is 5.04. The van der Waals surface area contributed by atoms with Crippen molar-refractivity contribution in [2.24, 2.45) is 5.92 Å². The molecule has 0 saturated heterocycles. The van der Waals surface area contributed by atoms with Gasteiger partial charge in [0.2, 0.25) is 6.29 Å². The first-order chi connectivity index (χ1) is 12.1. The van der Waals surface area contributed by atoms with Crippen molar-refractivity contribution in [2.45, 2.75) is 0 Å². The highest BCUT2D eigenvalue weighted by atomic mass is 16.5. The Morgan fingerprint density at radius 1 is 0.800 bits per heavy atom. The van der Waals surface area contributed by atoms with Crippen LogP contribution in [0.2, 0.25) is 0 Å². The summed E-state index contributed by atoms with van der Waals surface area (Å²) in [6, 6.07) is 16.3. The topological polar surface area (TPSA) is 86.7 Å². The molecule has 0 heterocycles. The summed E-state index contributed by atoms with van der Waals surface area (Å²) in [5.41, 5.74) is 0.590. The highest BCUT2D eigenvalue weighted by molar-refractivity contribution is 5.97. The maximum Gasteiger partial charge on any atom is 0.338 e. The molecule has 0 fully saturated rings. The first-order valence-electron chi connectivity index (χ1n) is 7.46. The smallest absolute Gasteiger partial charge is 0.338 e. The Hall–Kier alpha value is -3.28. The number of ketones is 1. The summed E-state index contributed by atoms with van der Waals surface area (Å²) in [5.74, 6) is -3.34. The minimum Gasteiger partial charge on any atom is -0.461 e. The van der Waals surface area contributed by atoms with Crippen molar-refractivity contribution >= 4 is 24.0 Å². The fourth-order valence-electron chi connectivity index (χ4n) is 1.90. The van der Waals surface area contributed by atoms with E-state index in [1.807, 2.05) is 0 Å². The van der Waals surface area contributed by atoms with Crippen molar-refractivity contribution in [3.05, 3.63) is 71.8 Å². The molecule has 1 unspecified atom stereocenters. The quantitative estimate of drug-likeness (QED) is 0.540. The third-order valence-electron chi connectivity index (χ3n) is 3.28. The fraction of sp³-hybridized carbons (Fsp3) is 0.158. The maximum atomic E-state index is 11.9. The molecule has 0 saturated carbocycles. The summed E-state index contributed by atoms with van der Waals surface area (Å²) >= 11 is 0. The summed E-state index contributed by atoms with van der Waals surface area (Å²) in [4.78, 5) is 46.4. The van der Waals surface area contributed by atoms with Gasteiger partial charge in [-0.15, -0.1) is 0 Å². The van der Waals surface area contributed by atoms with Crippen molar-refractivity contribution in [1.82, 2.24) is 0 Å². The van der Waals surface area contributed by atoms with Crippen molar-refractivity contribution < 1.29 is 28.7 Å². The molecule has 1 radical (unpaired) electrons. The molecule has 127 valence electrons. The van der Waals surface area contributed by atoms with Gasteiger partial charge in [-0.3, -0.25) is 9.59 Å². The fourth-order valence-corrected chi connectivity index (χ4v) is 1.90. The molecule has 2 rings (SSSR count). The van der Waals surface area contributed by atoms with Gasteiger partial charge in [0.1, 0.15) is 12.5 Å². The van der Waals surface area contributed by atoms with Crippen LogP contribution in [-0.4, -0.2) is 37.2 Å². The Labute approximate surface area is 144 Å². The number of rotatable bonds is 8. The highest BCUT2D eigenvalue weighted by Gasteiger charge is 2.23. The van der Waals surface area contributed by atoms with Crippen LogP contribution in [0.25, 0.3) is 0 Å². The van der Waals surface area contributed by atoms with E-state index >= 15 is 0 Å². The highest BCUT2D eigenvalue weighted by Crippen LogP contribution is 2.06. The molecule has 2 aromatic carbocycles. The van der Waals surface area contributed by atoms with Crippen molar-refractivity contribution in [3.63, 3.8) is 0 Å². The number of carbonyl (C=O) groups excluding carboxylic acids is 4. The SMILES string of the molecule is O=[C]C(COC(=O)c1ccccc1)C(=O)COC(=O)c1ccccc1. The van der Waals surface area contributed by atoms with Crippen LogP contribution in [-0.2, 0) is 19.1 Å². The van der Waals surface area contributed by atoms with Crippen molar-refractivity contribution in [2.75, 3.05) is 13.2 Å². The standard InChI is InChI=1S/C19H15O6/c20-11-16(12-24-18(22)14-7-3-1-4-8-14)17(21)13-25-19(23)15-9-5-2-6-10-15/h1-10,16H,12-13H2. The van der Waals surface area contributed by atoms with Crippen molar-refractivity contribution in [1.29, 1.82) is 0 Å². The maximum absolute atomic E-state index is 11.9. The minimum atomic E-state index is -1.31. The molecule has 0 aliphatic carbocycles. The second kappa shape index (κ2) is 9.12. The molecule has 0 spiro atoms. The van der Waals surface area contributed by atoms with Gasteiger partial charge in [-0.1, -0.05) is 36.4 Å². The molecule has 0 N–H and O–H groups in total. The van der Waals surface area contributed by atoms with Gasteiger partial charge in [0, 0.05) is 0 Å². The number of benzene rings is 2. The average molecular weight is 339 g/mol. The van der Waals surface area contributed by atoms with Crippen LogP contribution in [0, 0.1) is 5.92 Å². The van der Waals surface area contributed by atoms with E-state index < -0.39 is 36.9 Å². The Bertz CT molecular complexity index is 739. The first kappa shape index (κ1) is 18.1. The van der Waals surface area contributed by atoms with E-state index in [0.717, 1.165) is 0 Å². The summed E-state index contributed by atoms with van der Waals surface area (Å²) < 4.78 is 9.79. The van der Waals surface area contributed by atoms with Crippen LogP contribution in [0.5, 0.6) is 0 Å². The van der Waals surface area contributed by atoms with Gasteiger partial charge >= 0.3 is 11.9 Å². The Balaban J connectivity index is 1.83. The molecule has 0 aromatic heterocycles. The van der Waals surface area contributed by atoms with Crippen LogP contribution in [0.1, 0.15) is 20.7 Å². The van der Waals surface area contributed by atoms with Crippen LogP contribution in [0.4, 0.5) is 0 Å². The van der Waals surface area contributed by atoms with Gasteiger partial charge in [-0.25, -0.2) is 9.59 Å². The Kier molecular flexibility index (Phi) is 6.59.